The fraction of sp³-hybridized carbons (Fsp3) is 0.231. The van der Waals surface area contributed by atoms with E-state index < -0.39 is 0 Å². The van der Waals surface area contributed by atoms with Crippen molar-refractivity contribution in [1.82, 2.24) is 9.97 Å². The first-order valence-corrected chi connectivity index (χ1v) is 7.57. The first-order valence-electron chi connectivity index (χ1n) is 5.59. The third-order valence-electron chi connectivity index (χ3n) is 2.76. The molecule has 0 aliphatic heterocycles. The topological polar surface area (TPSA) is 45.8 Å². The fourth-order valence-corrected chi connectivity index (χ4v) is 2.49. The van der Waals surface area contributed by atoms with Crippen LogP contribution in [-0.2, 0) is 6.42 Å². The zero-order valence-corrected chi connectivity index (χ0v) is 12.8. The van der Waals surface area contributed by atoms with Crippen LogP contribution < -0.4 is 5.56 Å². The highest BCUT2D eigenvalue weighted by Crippen LogP contribution is 2.23. The molecule has 2 rings (SSSR count). The average Bonchev–Trinajstić information content (AvgIpc) is 2.37. The summed E-state index contributed by atoms with van der Waals surface area (Å²) in [5.41, 5.74) is 2.21. The quantitative estimate of drug-likeness (QED) is 0.694. The minimum absolute atomic E-state index is 0.108. The van der Waals surface area contributed by atoms with Crippen molar-refractivity contribution in [2.24, 2.45) is 0 Å². The van der Waals surface area contributed by atoms with Gasteiger partial charge in [0.05, 0.1) is 10.0 Å². The molecule has 0 aliphatic rings. The molecule has 1 aromatic heterocycles. The van der Waals surface area contributed by atoms with Gasteiger partial charge in [0.1, 0.15) is 0 Å². The summed E-state index contributed by atoms with van der Waals surface area (Å²) in [6.45, 7) is 1.84. The average molecular weight is 315 g/mol. The van der Waals surface area contributed by atoms with Crippen LogP contribution in [0.5, 0.6) is 0 Å². The number of nitrogens with one attached hydrogen (secondary N) is 1. The Morgan fingerprint density at radius 2 is 2.05 bits per heavy atom. The second-order valence-electron chi connectivity index (χ2n) is 4.06. The molecule has 1 heterocycles. The lowest BCUT2D eigenvalue weighted by atomic mass is 10.1. The maximum absolute atomic E-state index is 12.0. The SMILES string of the molecule is CSc1nc(C)c(Cc2ccc(Cl)c(Cl)c2)c(=O)[nH]1. The van der Waals surface area contributed by atoms with Crippen LogP contribution in [-0.4, -0.2) is 16.2 Å². The maximum atomic E-state index is 12.0. The molecule has 1 N–H and O–H groups in total. The number of nitrogens with zero attached hydrogens (tertiary/aromatic N) is 1. The molecule has 0 unspecified atom stereocenters. The number of aromatic amines is 1. The summed E-state index contributed by atoms with van der Waals surface area (Å²) < 4.78 is 0. The van der Waals surface area contributed by atoms with E-state index in [0.29, 0.717) is 27.2 Å². The zero-order valence-electron chi connectivity index (χ0n) is 10.5. The van der Waals surface area contributed by atoms with Crippen LogP contribution >= 0.6 is 35.0 Å². The smallest absolute Gasteiger partial charge is 0.255 e. The van der Waals surface area contributed by atoms with E-state index in [2.05, 4.69) is 9.97 Å². The molecule has 0 bridgehead atoms. The standard InChI is InChI=1S/C13H12Cl2N2OS/c1-7-9(12(18)17-13(16-7)19-2)5-8-3-4-10(14)11(15)6-8/h3-4,6H,5H2,1-2H3,(H,16,17,18). The third-order valence-corrected chi connectivity index (χ3v) is 4.08. The maximum Gasteiger partial charge on any atom is 0.255 e. The Bertz CT molecular complexity index is 670. The van der Waals surface area contributed by atoms with Crippen molar-refractivity contribution >= 4 is 35.0 Å². The van der Waals surface area contributed by atoms with Crippen LogP contribution in [0.25, 0.3) is 0 Å². The number of aromatic nitrogens is 2. The van der Waals surface area contributed by atoms with E-state index >= 15 is 0 Å². The molecule has 0 amide bonds. The van der Waals surface area contributed by atoms with Crippen LogP contribution in [0.4, 0.5) is 0 Å². The van der Waals surface area contributed by atoms with Gasteiger partial charge < -0.3 is 4.98 Å². The van der Waals surface area contributed by atoms with Crippen molar-refractivity contribution < 1.29 is 0 Å². The zero-order chi connectivity index (χ0) is 14.0. The summed E-state index contributed by atoms with van der Waals surface area (Å²) >= 11 is 13.3. The van der Waals surface area contributed by atoms with E-state index in [4.69, 9.17) is 23.2 Å². The summed E-state index contributed by atoms with van der Waals surface area (Å²) in [5.74, 6) is 0. The highest BCUT2D eigenvalue weighted by molar-refractivity contribution is 7.98. The molecule has 1 aromatic carbocycles. The number of halogens is 2. The minimum atomic E-state index is -0.108. The van der Waals surface area contributed by atoms with Gasteiger partial charge in [0.2, 0.25) is 0 Å². The van der Waals surface area contributed by atoms with Crippen molar-refractivity contribution in [1.29, 1.82) is 0 Å². The first kappa shape index (κ1) is 14.4. The van der Waals surface area contributed by atoms with Gasteiger partial charge in [-0.2, -0.15) is 0 Å². The predicted molar refractivity (Wildman–Crippen MR) is 80.6 cm³/mol. The lowest BCUT2D eigenvalue weighted by Gasteiger charge is -2.07. The Kier molecular flexibility index (Phi) is 4.55. The van der Waals surface area contributed by atoms with Crippen molar-refractivity contribution in [2.45, 2.75) is 18.5 Å². The number of hydrogen-bond donors (Lipinski definition) is 1. The Morgan fingerprint density at radius 1 is 1.32 bits per heavy atom. The molecule has 6 heteroatoms. The molecule has 2 aromatic rings. The molecule has 0 atom stereocenters. The van der Waals surface area contributed by atoms with Gasteiger partial charge in [0.25, 0.3) is 5.56 Å². The highest BCUT2D eigenvalue weighted by atomic mass is 35.5. The van der Waals surface area contributed by atoms with Crippen LogP contribution in [0.2, 0.25) is 10.0 Å². The molecule has 0 spiro atoms. The normalized spacial score (nSPS) is 10.7. The molecule has 0 radical (unpaired) electrons. The molecule has 19 heavy (non-hydrogen) atoms. The van der Waals surface area contributed by atoms with Crippen molar-refractivity contribution in [3.63, 3.8) is 0 Å². The Hall–Kier alpha value is -0.970. The van der Waals surface area contributed by atoms with Crippen LogP contribution in [0.15, 0.2) is 28.2 Å². The lowest BCUT2D eigenvalue weighted by molar-refractivity contribution is 0.868. The minimum Gasteiger partial charge on any atom is -0.301 e. The van der Waals surface area contributed by atoms with Gasteiger partial charge in [0, 0.05) is 17.7 Å². The van der Waals surface area contributed by atoms with E-state index in [9.17, 15) is 4.79 Å². The number of benzene rings is 1. The number of rotatable bonds is 3. The van der Waals surface area contributed by atoms with Gasteiger partial charge in [0.15, 0.2) is 5.16 Å². The third kappa shape index (κ3) is 3.32. The summed E-state index contributed by atoms with van der Waals surface area (Å²) in [6.07, 6.45) is 2.36. The second kappa shape index (κ2) is 5.99. The fourth-order valence-electron chi connectivity index (χ4n) is 1.74. The summed E-state index contributed by atoms with van der Waals surface area (Å²) in [7, 11) is 0. The van der Waals surface area contributed by atoms with E-state index in [0.717, 1.165) is 11.3 Å². The molecule has 100 valence electrons. The van der Waals surface area contributed by atoms with Gasteiger partial charge in [-0.25, -0.2) is 4.98 Å². The van der Waals surface area contributed by atoms with Gasteiger partial charge in [-0.05, 0) is 30.9 Å². The predicted octanol–water partition coefficient (Wildman–Crippen LogP) is 3.70. The summed E-state index contributed by atoms with van der Waals surface area (Å²) in [4.78, 5) is 19.1. The van der Waals surface area contributed by atoms with Crippen LogP contribution in [0, 0.1) is 6.92 Å². The van der Waals surface area contributed by atoms with E-state index in [1.54, 1.807) is 12.1 Å². The monoisotopic (exact) mass is 314 g/mol. The molecule has 0 fully saturated rings. The van der Waals surface area contributed by atoms with E-state index in [1.165, 1.54) is 11.8 Å². The Labute approximate surface area is 125 Å². The molecule has 0 saturated heterocycles. The van der Waals surface area contributed by atoms with E-state index in [1.807, 2.05) is 19.2 Å². The molecule has 3 nitrogen and oxygen atoms in total. The number of H-pyrrole nitrogens is 1. The van der Waals surface area contributed by atoms with Gasteiger partial charge in [-0.1, -0.05) is 41.0 Å². The van der Waals surface area contributed by atoms with Crippen molar-refractivity contribution in [3.05, 3.63) is 55.4 Å². The number of aryl methyl sites for hydroxylation is 1. The first-order chi connectivity index (χ1) is 9.01. The summed E-state index contributed by atoms with van der Waals surface area (Å²) in [6, 6.07) is 5.35. The van der Waals surface area contributed by atoms with Crippen molar-refractivity contribution in [3.8, 4) is 0 Å². The second-order valence-corrected chi connectivity index (χ2v) is 5.67. The van der Waals surface area contributed by atoms with Crippen molar-refractivity contribution in [2.75, 3.05) is 6.26 Å². The number of thioether (sulfide) groups is 1. The Morgan fingerprint density at radius 3 is 2.63 bits per heavy atom. The van der Waals surface area contributed by atoms with E-state index in [-0.39, 0.29) is 5.56 Å². The summed E-state index contributed by atoms with van der Waals surface area (Å²) in [5, 5.41) is 1.62. The lowest BCUT2D eigenvalue weighted by Crippen LogP contribution is -2.17. The van der Waals surface area contributed by atoms with Gasteiger partial charge in [-0.15, -0.1) is 0 Å². The molecule has 0 aliphatic carbocycles. The van der Waals surface area contributed by atoms with Crippen LogP contribution in [0.1, 0.15) is 16.8 Å². The van der Waals surface area contributed by atoms with Gasteiger partial charge in [-0.3, -0.25) is 4.79 Å². The molecular formula is C13H12Cl2N2OS. The highest BCUT2D eigenvalue weighted by Gasteiger charge is 2.09. The molecular weight excluding hydrogens is 303 g/mol. The molecule has 0 saturated carbocycles. The number of hydrogen-bond acceptors (Lipinski definition) is 3. The Balaban J connectivity index is 2.38. The van der Waals surface area contributed by atoms with Crippen LogP contribution in [0.3, 0.4) is 0 Å². The van der Waals surface area contributed by atoms with Gasteiger partial charge >= 0.3 is 0 Å². The largest absolute Gasteiger partial charge is 0.301 e.